The zero-order valence-corrected chi connectivity index (χ0v) is 15.5. The highest BCUT2D eigenvalue weighted by molar-refractivity contribution is 5.97. The minimum absolute atomic E-state index is 0.0834. The molecule has 0 saturated heterocycles. The van der Waals surface area contributed by atoms with Crippen molar-refractivity contribution >= 4 is 29.2 Å². The Morgan fingerprint density at radius 3 is 2.44 bits per heavy atom. The number of hydrogen-bond acceptors (Lipinski definition) is 5. The van der Waals surface area contributed by atoms with Crippen molar-refractivity contribution in [1.29, 1.82) is 0 Å². The van der Waals surface area contributed by atoms with Gasteiger partial charge in [-0.05, 0) is 30.3 Å². The van der Waals surface area contributed by atoms with Crippen LogP contribution in [-0.2, 0) is 14.3 Å². The lowest BCUT2D eigenvalue weighted by Crippen LogP contribution is -2.32. The Morgan fingerprint density at radius 1 is 1.04 bits per heavy atom. The quantitative estimate of drug-likeness (QED) is 0.758. The van der Waals surface area contributed by atoms with Crippen molar-refractivity contribution < 1.29 is 23.9 Å². The van der Waals surface area contributed by atoms with E-state index in [-0.39, 0.29) is 24.8 Å². The van der Waals surface area contributed by atoms with Gasteiger partial charge in [-0.25, -0.2) is 4.79 Å². The lowest BCUT2D eigenvalue weighted by Gasteiger charge is -2.21. The van der Waals surface area contributed by atoms with Crippen LogP contribution in [0.3, 0.4) is 0 Å². The number of nitrogens with zero attached hydrogens (tertiary/aromatic N) is 1. The highest BCUT2D eigenvalue weighted by atomic mass is 16.5. The van der Waals surface area contributed by atoms with E-state index in [0.29, 0.717) is 22.7 Å². The van der Waals surface area contributed by atoms with E-state index >= 15 is 0 Å². The number of anilines is 2. The molecule has 27 heavy (non-hydrogen) atoms. The molecular formula is C20H22N2O5. The fraction of sp³-hybridized carbons (Fsp3) is 0.250. The van der Waals surface area contributed by atoms with E-state index in [2.05, 4.69) is 5.32 Å². The molecule has 0 heterocycles. The van der Waals surface area contributed by atoms with Crippen LogP contribution in [0.4, 0.5) is 11.4 Å². The fourth-order valence-electron chi connectivity index (χ4n) is 2.56. The third-order valence-corrected chi connectivity index (χ3v) is 3.90. The molecule has 0 unspecified atom stereocenters. The first-order valence-corrected chi connectivity index (χ1v) is 8.35. The van der Waals surface area contributed by atoms with Gasteiger partial charge in [0.05, 0.1) is 25.5 Å². The summed E-state index contributed by atoms with van der Waals surface area (Å²) < 4.78 is 9.90. The minimum atomic E-state index is -0.491. The van der Waals surface area contributed by atoms with Crippen LogP contribution in [-0.4, -0.2) is 38.5 Å². The molecule has 0 radical (unpaired) electrons. The van der Waals surface area contributed by atoms with Gasteiger partial charge in [-0.1, -0.05) is 18.2 Å². The number of nitrogens with one attached hydrogen (secondary N) is 1. The van der Waals surface area contributed by atoms with Crippen LogP contribution in [0.5, 0.6) is 5.75 Å². The molecule has 0 aromatic heterocycles. The van der Waals surface area contributed by atoms with E-state index in [4.69, 9.17) is 9.47 Å². The molecule has 0 fully saturated rings. The zero-order chi connectivity index (χ0) is 19.8. The molecule has 1 N–H and O–H groups in total. The second-order valence-electron chi connectivity index (χ2n) is 5.71. The van der Waals surface area contributed by atoms with Gasteiger partial charge in [0, 0.05) is 25.6 Å². The van der Waals surface area contributed by atoms with E-state index in [9.17, 15) is 14.4 Å². The van der Waals surface area contributed by atoms with Crippen molar-refractivity contribution in [3.8, 4) is 5.75 Å². The van der Waals surface area contributed by atoms with E-state index in [1.54, 1.807) is 48.5 Å². The van der Waals surface area contributed by atoms with Gasteiger partial charge in [-0.2, -0.15) is 0 Å². The predicted molar refractivity (Wildman–Crippen MR) is 102 cm³/mol. The largest absolute Gasteiger partial charge is 0.495 e. The standard InChI is InChI=1S/C20H22N2O5/c1-14(23)22(16-8-6-7-15(13-16)20(25)27-3)12-11-19(24)21-17-9-4-5-10-18(17)26-2/h4-10,13H,11-12H2,1-3H3,(H,21,24). The summed E-state index contributed by atoms with van der Waals surface area (Å²) in [6.45, 7) is 1.57. The third-order valence-electron chi connectivity index (χ3n) is 3.90. The Balaban J connectivity index is 2.07. The summed E-state index contributed by atoms with van der Waals surface area (Å²) in [5.74, 6) is -0.425. The summed E-state index contributed by atoms with van der Waals surface area (Å²) in [5, 5.41) is 2.77. The van der Waals surface area contributed by atoms with Crippen LogP contribution in [0.1, 0.15) is 23.7 Å². The number of ether oxygens (including phenoxy) is 2. The average Bonchev–Trinajstić information content (AvgIpc) is 2.68. The molecule has 0 aliphatic carbocycles. The maximum absolute atomic E-state index is 12.3. The molecule has 2 rings (SSSR count). The van der Waals surface area contributed by atoms with Crippen LogP contribution >= 0.6 is 0 Å². The molecule has 0 aliphatic heterocycles. The first kappa shape index (κ1) is 20.0. The number of esters is 1. The Hall–Kier alpha value is -3.35. The smallest absolute Gasteiger partial charge is 0.337 e. The molecule has 2 amide bonds. The monoisotopic (exact) mass is 370 g/mol. The molecule has 0 spiro atoms. The molecule has 0 aliphatic rings. The van der Waals surface area contributed by atoms with Crippen LogP contribution in [0.2, 0.25) is 0 Å². The normalized spacial score (nSPS) is 10.0. The van der Waals surface area contributed by atoms with Crippen molar-refractivity contribution in [3.63, 3.8) is 0 Å². The third kappa shape index (κ3) is 5.31. The van der Waals surface area contributed by atoms with Gasteiger partial charge in [0.1, 0.15) is 5.75 Å². The number of rotatable bonds is 7. The molecule has 142 valence electrons. The second-order valence-corrected chi connectivity index (χ2v) is 5.71. The van der Waals surface area contributed by atoms with Gasteiger partial charge >= 0.3 is 5.97 Å². The molecule has 2 aromatic carbocycles. The van der Waals surface area contributed by atoms with Crippen molar-refractivity contribution in [2.24, 2.45) is 0 Å². The summed E-state index contributed by atoms with van der Waals surface area (Å²) in [6.07, 6.45) is 0.0834. The van der Waals surface area contributed by atoms with Gasteiger partial charge in [-0.3, -0.25) is 9.59 Å². The van der Waals surface area contributed by atoms with E-state index < -0.39 is 5.97 Å². The summed E-state index contributed by atoms with van der Waals surface area (Å²) in [7, 11) is 2.82. The predicted octanol–water partition coefficient (Wildman–Crippen LogP) is 2.86. The number of amides is 2. The Bertz CT molecular complexity index is 835. The fourth-order valence-corrected chi connectivity index (χ4v) is 2.56. The number of para-hydroxylation sites is 2. The van der Waals surface area contributed by atoms with E-state index in [0.717, 1.165) is 0 Å². The Kier molecular flexibility index (Phi) is 6.93. The maximum atomic E-state index is 12.3. The van der Waals surface area contributed by atoms with Gasteiger partial charge < -0.3 is 19.7 Å². The molecule has 7 nitrogen and oxygen atoms in total. The average molecular weight is 370 g/mol. The minimum Gasteiger partial charge on any atom is -0.495 e. The molecular weight excluding hydrogens is 348 g/mol. The number of carbonyl (C=O) groups is 3. The summed E-state index contributed by atoms with van der Waals surface area (Å²) in [4.78, 5) is 37.4. The van der Waals surface area contributed by atoms with Gasteiger partial charge in [0.15, 0.2) is 0 Å². The summed E-state index contributed by atoms with van der Waals surface area (Å²) >= 11 is 0. The van der Waals surface area contributed by atoms with Gasteiger partial charge in [0.2, 0.25) is 11.8 Å². The van der Waals surface area contributed by atoms with Crippen LogP contribution in [0, 0.1) is 0 Å². The molecule has 2 aromatic rings. The van der Waals surface area contributed by atoms with Gasteiger partial charge in [-0.15, -0.1) is 0 Å². The lowest BCUT2D eigenvalue weighted by molar-refractivity contribution is -0.117. The van der Waals surface area contributed by atoms with Crippen molar-refractivity contribution in [2.75, 3.05) is 31.0 Å². The molecule has 7 heteroatoms. The van der Waals surface area contributed by atoms with Crippen LogP contribution in [0.15, 0.2) is 48.5 Å². The first-order chi connectivity index (χ1) is 13.0. The Labute approximate surface area is 157 Å². The zero-order valence-electron chi connectivity index (χ0n) is 15.5. The van der Waals surface area contributed by atoms with Gasteiger partial charge in [0.25, 0.3) is 0 Å². The van der Waals surface area contributed by atoms with E-state index in [1.807, 2.05) is 0 Å². The van der Waals surface area contributed by atoms with Crippen molar-refractivity contribution in [2.45, 2.75) is 13.3 Å². The van der Waals surface area contributed by atoms with Crippen molar-refractivity contribution in [3.05, 3.63) is 54.1 Å². The first-order valence-electron chi connectivity index (χ1n) is 8.35. The Morgan fingerprint density at radius 2 is 1.78 bits per heavy atom. The lowest BCUT2D eigenvalue weighted by atomic mass is 10.1. The topological polar surface area (TPSA) is 84.9 Å². The molecule has 0 atom stereocenters. The summed E-state index contributed by atoms with van der Waals surface area (Å²) in [6, 6.07) is 13.6. The number of methoxy groups -OCH3 is 2. The highest BCUT2D eigenvalue weighted by Crippen LogP contribution is 2.23. The van der Waals surface area contributed by atoms with Crippen LogP contribution < -0.4 is 15.0 Å². The SMILES string of the molecule is COC(=O)c1cccc(N(CCC(=O)Nc2ccccc2OC)C(C)=O)c1. The molecule has 0 saturated carbocycles. The van der Waals surface area contributed by atoms with Crippen LogP contribution in [0.25, 0.3) is 0 Å². The number of hydrogen-bond donors (Lipinski definition) is 1. The summed E-state index contributed by atoms with van der Waals surface area (Å²) in [5.41, 5.74) is 1.42. The molecule has 0 bridgehead atoms. The van der Waals surface area contributed by atoms with Crippen molar-refractivity contribution in [1.82, 2.24) is 0 Å². The highest BCUT2D eigenvalue weighted by Gasteiger charge is 2.16. The number of benzene rings is 2. The maximum Gasteiger partial charge on any atom is 0.337 e. The van der Waals surface area contributed by atoms with E-state index in [1.165, 1.54) is 26.0 Å². The second kappa shape index (κ2) is 9.38. The number of carbonyl (C=O) groups excluding carboxylic acids is 3.